The minimum atomic E-state index is -0.988. The smallest absolute Gasteiger partial charge is 0.192 e. The lowest BCUT2D eigenvalue weighted by Gasteiger charge is -2.34. The molecule has 0 radical (unpaired) electrons. The standard InChI is InChI=1S/C15H20O4/c1-3-13-14(18-11-17-13)15(4-2,10-16)19-12-8-6-5-7-9-12/h5-10,13-14H,3-4,11H2,1-2H3. The summed E-state index contributed by atoms with van der Waals surface area (Å²) in [7, 11) is 0. The maximum absolute atomic E-state index is 11.7. The molecular weight excluding hydrogens is 244 g/mol. The molecule has 0 saturated carbocycles. The second-order valence-corrected chi connectivity index (χ2v) is 4.66. The third kappa shape index (κ3) is 2.80. The van der Waals surface area contributed by atoms with E-state index in [1.54, 1.807) is 0 Å². The maximum Gasteiger partial charge on any atom is 0.192 e. The highest BCUT2D eigenvalue weighted by atomic mass is 16.7. The van der Waals surface area contributed by atoms with Gasteiger partial charge in [-0.1, -0.05) is 32.0 Å². The van der Waals surface area contributed by atoms with E-state index >= 15 is 0 Å². The van der Waals surface area contributed by atoms with Gasteiger partial charge in [-0.05, 0) is 25.0 Å². The molecule has 1 aliphatic rings. The lowest BCUT2D eigenvalue weighted by atomic mass is 9.90. The Hall–Kier alpha value is -1.39. The third-order valence-corrected chi connectivity index (χ3v) is 3.55. The zero-order valence-electron chi connectivity index (χ0n) is 11.4. The van der Waals surface area contributed by atoms with Crippen LogP contribution in [0.5, 0.6) is 5.75 Å². The quantitative estimate of drug-likeness (QED) is 0.741. The minimum Gasteiger partial charge on any atom is -0.477 e. The number of hydrogen-bond donors (Lipinski definition) is 0. The Bertz CT molecular complexity index is 406. The molecule has 3 atom stereocenters. The van der Waals surface area contributed by atoms with Gasteiger partial charge >= 0.3 is 0 Å². The largest absolute Gasteiger partial charge is 0.477 e. The summed E-state index contributed by atoms with van der Waals surface area (Å²) in [6, 6.07) is 9.34. The van der Waals surface area contributed by atoms with Gasteiger partial charge in [-0.2, -0.15) is 0 Å². The van der Waals surface area contributed by atoms with Crippen molar-refractivity contribution in [2.45, 2.75) is 44.5 Å². The number of benzene rings is 1. The Morgan fingerprint density at radius 2 is 2.05 bits per heavy atom. The van der Waals surface area contributed by atoms with Crippen LogP contribution in [0.3, 0.4) is 0 Å². The van der Waals surface area contributed by atoms with E-state index in [1.165, 1.54) is 0 Å². The second-order valence-electron chi connectivity index (χ2n) is 4.66. The lowest BCUT2D eigenvalue weighted by molar-refractivity contribution is -0.135. The Kier molecular flexibility index (Phi) is 4.56. The normalized spacial score (nSPS) is 25.8. The van der Waals surface area contributed by atoms with E-state index in [0.717, 1.165) is 12.7 Å². The van der Waals surface area contributed by atoms with Gasteiger partial charge < -0.3 is 14.2 Å². The van der Waals surface area contributed by atoms with E-state index in [4.69, 9.17) is 14.2 Å². The molecule has 0 aromatic heterocycles. The molecule has 1 fully saturated rings. The summed E-state index contributed by atoms with van der Waals surface area (Å²) < 4.78 is 17.0. The number of aldehydes is 1. The molecule has 1 saturated heterocycles. The van der Waals surface area contributed by atoms with Gasteiger partial charge in [0.1, 0.15) is 18.6 Å². The molecule has 3 unspecified atom stereocenters. The Morgan fingerprint density at radius 3 is 2.63 bits per heavy atom. The summed E-state index contributed by atoms with van der Waals surface area (Å²) in [5.41, 5.74) is -0.988. The summed E-state index contributed by atoms with van der Waals surface area (Å²) in [5, 5.41) is 0. The lowest BCUT2D eigenvalue weighted by Crippen LogP contribution is -2.53. The van der Waals surface area contributed by atoms with E-state index in [2.05, 4.69) is 0 Å². The number of rotatable bonds is 6. The van der Waals surface area contributed by atoms with Crippen molar-refractivity contribution in [1.82, 2.24) is 0 Å². The van der Waals surface area contributed by atoms with Gasteiger partial charge in [-0.3, -0.25) is 4.79 Å². The highest BCUT2D eigenvalue weighted by molar-refractivity contribution is 5.65. The van der Waals surface area contributed by atoms with E-state index in [0.29, 0.717) is 12.2 Å². The summed E-state index contributed by atoms with van der Waals surface area (Å²) in [6.45, 7) is 4.16. The molecule has 0 aliphatic carbocycles. The number of carbonyl (C=O) groups excluding carboxylic acids is 1. The van der Waals surface area contributed by atoms with Crippen LogP contribution in [0.15, 0.2) is 30.3 Å². The molecule has 1 aromatic carbocycles. The van der Waals surface area contributed by atoms with Crippen molar-refractivity contribution in [2.75, 3.05) is 6.79 Å². The Labute approximate surface area is 113 Å². The fourth-order valence-electron chi connectivity index (χ4n) is 2.40. The molecule has 1 heterocycles. The summed E-state index contributed by atoms with van der Waals surface area (Å²) in [6.07, 6.45) is 1.71. The first-order valence-electron chi connectivity index (χ1n) is 6.69. The predicted molar refractivity (Wildman–Crippen MR) is 71.1 cm³/mol. The van der Waals surface area contributed by atoms with Crippen LogP contribution >= 0.6 is 0 Å². The van der Waals surface area contributed by atoms with Crippen LogP contribution in [0.4, 0.5) is 0 Å². The summed E-state index contributed by atoms with van der Waals surface area (Å²) in [5.74, 6) is 0.668. The van der Waals surface area contributed by atoms with Crippen molar-refractivity contribution in [3.05, 3.63) is 30.3 Å². The minimum absolute atomic E-state index is 0.103. The second kappa shape index (κ2) is 6.17. The molecule has 4 heteroatoms. The van der Waals surface area contributed by atoms with E-state index in [1.807, 2.05) is 44.2 Å². The van der Waals surface area contributed by atoms with Gasteiger partial charge in [-0.15, -0.1) is 0 Å². The monoisotopic (exact) mass is 264 g/mol. The van der Waals surface area contributed by atoms with Gasteiger partial charge in [-0.25, -0.2) is 0 Å². The number of hydrogen-bond acceptors (Lipinski definition) is 4. The molecule has 0 spiro atoms. The first-order chi connectivity index (χ1) is 9.25. The third-order valence-electron chi connectivity index (χ3n) is 3.55. The van der Waals surface area contributed by atoms with Crippen molar-refractivity contribution >= 4 is 6.29 Å². The zero-order valence-corrected chi connectivity index (χ0v) is 11.4. The SMILES string of the molecule is CCC1OCOC1C(C=O)(CC)Oc1ccccc1. The van der Waals surface area contributed by atoms with Crippen LogP contribution in [0.1, 0.15) is 26.7 Å². The molecule has 0 amide bonds. The van der Waals surface area contributed by atoms with Crippen molar-refractivity contribution in [1.29, 1.82) is 0 Å². The molecule has 0 bridgehead atoms. The fraction of sp³-hybridized carbons (Fsp3) is 0.533. The average Bonchev–Trinajstić information content (AvgIpc) is 2.95. The molecule has 2 rings (SSSR count). The molecule has 1 aromatic rings. The first-order valence-corrected chi connectivity index (χ1v) is 6.69. The van der Waals surface area contributed by atoms with Crippen LogP contribution in [0, 0.1) is 0 Å². The molecule has 4 nitrogen and oxygen atoms in total. The number of ether oxygens (including phenoxy) is 3. The predicted octanol–water partition coefficient (Wildman–Crippen LogP) is 2.56. The molecule has 1 aliphatic heterocycles. The molecule has 104 valence electrons. The van der Waals surface area contributed by atoms with Gasteiger partial charge in [0.05, 0.1) is 6.10 Å². The van der Waals surface area contributed by atoms with E-state index < -0.39 is 5.60 Å². The van der Waals surface area contributed by atoms with Crippen LogP contribution in [-0.2, 0) is 14.3 Å². The average molecular weight is 264 g/mol. The van der Waals surface area contributed by atoms with Crippen molar-refractivity contribution in [2.24, 2.45) is 0 Å². The van der Waals surface area contributed by atoms with Crippen LogP contribution in [0.25, 0.3) is 0 Å². The number of carbonyl (C=O) groups is 1. The van der Waals surface area contributed by atoms with Crippen molar-refractivity contribution < 1.29 is 19.0 Å². The van der Waals surface area contributed by atoms with Gasteiger partial charge in [0.25, 0.3) is 0 Å². The van der Waals surface area contributed by atoms with Gasteiger partial charge in [0, 0.05) is 0 Å². The van der Waals surface area contributed by atoms with Crippen molar-refractivity contribution in [3.8, 4) is 5.75 Å². The molecule has 19 heavy (non-hydrogen) atoms. The van der Waals surface area contributed by atoms with Gasteiger partial charge in [0.15, 0.2) is 11.9 Å². The van der Waals surface area contributed by atoms with E-state index in [9.17, 15) is 4.79 Å². The Morgan fingerprint density at radius 1 is 1.32 bits per heavy atom. The van der Waals surface area contributed by atoms with Crippen molar-refractivity contribution in [3.63, 3.8) is 0 Å². The summed E-state index contributed by atoms with van der Waals surface area (Å²) in [4.78, 5) is 11.7. The van der Waals surface area contributed by atoms with Gasteiger partial charge in [0.2, 0.25) is 0 Å². The topological polar surface area (TPSA) is 44.8 Å². The number of para-hydroxylation sites is 1. The maximum atomic E-state index is 11.7. The van der Waals surface area contributed by atoms with Crippen LogP contribution < -0.4 is 4.74 Å². The molecule has 0 N–H and O–H groups in total. The highest BCUT2D eigenvalue weighted by Gasteiger charge is 2.48. The van der Waals surface area contributed by atoms with Crippen LogP contribution in [-0.4, -0.2) is 30.9 Å². The van der Waals surface area contributed by atoms with Crippen LogP contribution in [0.2, 0.25) is 0 Å². The molecular formula is C15H20O4. The summed E-state index contributed by atoms with van der Waals surface area (Å²) >= 11 is 0. The van der Waals surface area contributed by atoms with E-state index in [-0.39, 0.29) is 19.0 Å². The fourth-order valence-corrected chi connectivity index (χ4v) is 2.40. The highest BCUT2D eigenvalue weighted by Crippen LogP contribution is 2.31. The zero-order chi connectivity index (χ0) is 13.7. The Balaban J connectivity index is 2.24. The first kappa shape index (κ1) is 14.0.